The smallest absolute Gasteiger partial charge is 0.291 e. The Kier molecular flexibility index (Phi) is 11.0. The first-order valence-corrected chi connectivity index (χ1v) is 18.1. The maximum absolute atomic E-state index is 15.7. The molecule has 0 saturated carbocycles. The van der Waals surface area contributed by atoms with Crippen molar-refractivity contribution in [3.05, 3.63) is 76.0 Å². The molecule has 0 bridgehead atoms. The van der Waals surface area contributed by atoms with Crippen molar-refractivity contribution in [2.24, 2.45) is 13.0 Å². The Balaban J connectivity index is 1.10. The number of halogens is 3. The number of piperidine rings is 1. The van der Waals surface area contributed by atoms with E-state index in [9.17, 15) is 14.4 Å². The van der Waals surface area contributed by atoms with Gasteiger partial charge in [0.05, 0.1) is 68.5 Å². The number of nitrogens with one attached hydrogen (secondary N) is 1. The fourth-order valence-electron chi connectivity index (χ4n) is 7.32. The minimum atomic E-state index is -1.08. The van der Waals surface area contributed by atoms with Crippen molar-refractivity contribution in [1.82, 2.24) is 29.1 Å². The number of aromatic nitrogens is 4. The monoisotopic (exact) mass is 751 g/mol. The number of nitrogens with zero attached hydrogens (tertiary/aromatic N) is 7. The van der Waals surface area contributed by atoms with Crippen LogP contribution in [0.2, 0.25) is 5.02 Å². The van der Waals surface area contributed by atoms with Gasteiger partial charge in [0.1, 0.15) is 0 Å². The number of ether oxygens (including phenoxy) is 1. The van der Waals surface area contributed by atoms with Gasteiger partial charge in [-0.1, -0.05) is 17.7 Å². The molecule has 0 aliphatic carbocycles. The average molecular weight is 752 g/mol. The van der Waals surface area contributed by atoms with E-state index < -0.39 is 17.5 Å². The molecule has 0 spiro atoms. The Morgan fingerprint density at radius 3 is 2.28 bits per heavy atom. The van der Waals surface area contributed by atoms with E-state index in [1.807, 2.05) is 4.90 Å². The van der Waals surface area contributed by atoms with E-state index in [2.05, 4.69) is 29.5 Å². The Morgan fingerprint density at radius 2 is 1.62 bits per heavy atom. The third-order valence-corrected chi connectivity index (χ3v) is 10.9. The second kappa shape index (κ2) is 15.4. The standard InChI is InChI=1S/C38H45ClF2N8O4/c1-23-32(24(2)48(44-23)17-20-53-6)29-10-9-28(33(40)34(29)41)31-22-42-35(45(31)3)36(50)43-26-7-8-27(30(39)21-26)38(52)47-15-13-46(14-16-47)37(51)25-11-18-49(4,5)19-12-25/h7-10,21-22,25H,11-20H2,1-6H3/p+1. The molecule has 12 nitrogen and oxygen atoms in total. The van der Waals surface area contributed by atoms with Crippen molar-refractivity contribution in [2.75, 3.05) is 72.4 Å². The van der Waals surface area contributed by atoms with E-state index in [0.717, 1.165) is 30.4 Å². The van der Waals surface area contributed by atoms with Gasteiger partial charge >= 0.3 is 0 Å². The van der Waals surface area contributed by atoms with Gasteiger partial charge in [-0.25, -0.2) is 13.8 Å². The van der Waals surface area contributed by atoms with Gasteiger partial charge < -0.3 is 28.9 Å². The largest absolute Gasteiger partial charge is 0.383 e. The van der Waals surface area contributed by atoms with E-state index in [0.29, 0.717) is 62.0 Å². The number of anilines is 1. The van der Waals surface area contributed by atoms with Crippen molar-refractivity contribution >= 4 is 35.0 Å². The first kappa shape index (κ1) is 38.1. The van der Waals surface area contributed by atoms with Crippen LogP contribution in [0.1, 0.15) is 45.2 Å². The predicted octanol–water partition coefficient (Wildman–Crippen LogP) is 5.17. The molecule has 2 fully saturated rings. The number of aryl methyl sites for hydroxylation is 1. The fourth-order valence-corrected chi connectivity index (χ4v) is 7.58. The predicted molar refractivity (Wildman–Crippen MR) is 198 cm³/mol. The number of likely N-dealkylation sites (tertiary alicyclic amines) is 1. The fraction of sp³-hybridized carbons (Fsp3) is 0.447. The van der Waals surface area contributed by atoms with E-state index in [1.165, 1.54) is 36.0 Å². The van der Waals surface area contributed by atoms with Crippen LogP contribution < -0.4 is 5.32 Å². The Hall–Kier alpha value is -4.66. The van der Waals surface area contributed by atoms with E-state index >= 15 is 8.78 Å². The summed E-state index contributed by atoms with van der Waals surface area (Å²) in [7, 11) is 7.49. The molecule has 0 unspecified atom stereocenters. The lowest BCUT2D eigenvalue weighted by atomic mass is 9.94. The van der Waals surface area contributed by atoms with Gasteiger partial charge in [-0.2, -0.15) is 5.10 Å². The molecule has 4 aromatic rings. The molecule has 282 valence electrons. The molecule has 4 heterocycles. The van der Waals surface area contributed by atoms with Gasteiger partial charge in [-0.05, 0) is 38.1 Å². The van der Waals surface area contributed by atoms with Gasteiger partial charge in [-0.3, -0.25) is 19.1 Å². The van der Waals surface area contributed by atoms with Crippen LogP contribution in [-0.2, 0) is 23.1 Å². The summed E-state index contributed by atoms with van der Waals surface area (Å²) in [4.78, 5) is 47.6. The van der Waals surface area contributed by atoms with Crippen LogP contribution in [0.5, 0.6) is 0 Å². The van der Waals surface area contributed by atoms with Gasteiger partial charge in [0.25, 0.3) is 11.8 Å². The molecule has 53 heavy (non-hydrogen) atoms. The van der Waals surface area contributed by atoms with Gasteiger partial charge in [-0.15, -0.1) is 0 Å². The highest BCUT2D eigenvalue weighted by Crippen LogP contribution is 2.35. The van der Waals surface area contributed by atoms with E-state index in [-0.39, 0.29) is 51.0 Å². The molecule has 2 aromatic carbocycles. The summed E-state index contributed by atoms with van der Waals surface area (Å²) in [5.41, 5.74) is 2.58. The van der Waals surface area contributed by atoms with E-state index in [1.54, 1.807) is 42.7 Å². The summed E-state index contributed by atoms with van der Waals surface area (Å²) in [5.74, 6) is -2.80. The summed E-state index contributed by atoms with van der Waals surface area (Å²) < 4.78 is 40.4. The Bertz CT molecular complexity index is 2040. The highest BCUT2D eigenvalue weighted by molar-refractivity contribution is 6.34. The molecule has 2 aliphatic heterocycles. The Labute approximate surface area is 312 Å². The van der Waals surface area contributed by atoms with Crippen molar-refractivity contribution in [3.63, 3.8) is 0 Å². The van der Waals surface area contributed by atoms with Crippen molar-refractivity contribution in [1.29, 1.82) is 0 Å². The molecule has 0 radical (unpaired) electrons. The lowest BCUT2D eigenvalue weighted by Gasteiger charge is -2.40. The topological polar surface area (TPSA) is 115 Å². The molecular weight excluding hydrogens is 706 g/mol. The number of quaternary nitrogens is 1. The minimum Gasteiger partial charge on any atom is -0.383 e. The molecule has 1 N–H and O–H groups in total. The summed E-state index contributed by atoms with van der Waals surface area (Å²) in [6.07, 6.45) is 3.06. The van der Waals surface area contributed by atoms with Gasteiger partial charge in [0, 0.05) is 87.2 Å². The average Bonchev–Trinajstić information content (AvgIpc) is 3.65. The molecular formula is C38H46ClF2N8O4+. The number of piperazine rings is 1. The number of benzene rings is 2. The zero-order valence-electron chi connectivity index (χ0n) is 31.0. The maximum Gasteiger partial charge on any atom is 0.291 e. The number of hydrogen-bond donors (Lipinski definition) is 1. The summed E-state index contributed by atoms with van der Waals surface area (Å²) >= 11 is 6.55. The zero-order valence-corrected chi connectivity index (χ0v) is 31.8. The van der Waals surface area contributed by atoms with Crippen molar-refractivity contribution in [2.45, 2.75) is 33.2 Å². The third-order valence-electron chi connectivity index (χ3n) is 10.6. The molecule has 2 aromatic heterocycles. The number of amides is 3. The Morgan fingerprint density at radius 1 is 0.981 bits per heavy atom. The van der Waals surface area contributed by atoms with Crippen LogP contribution in [0.25, 0.3) is 22.4 Å². The minimum absolute atomic E-state index is 0.0384. The van der Waals surface area contributed by atoms with Gasteiger partial charge in [0.2, 0.25) is 5.91 Å². The summed E-state index contributed by atoms with van der Waals surface area (Å²) in [6, 6.07) is 7.56. The van der Waals surface area contributed by atoms with Crippen molar-refractivity contribution in [3.8, 4) is 22.4 Å². The van der Waals surface area contributed by atoms with Crippen LogP contribution in [0.4, 0.5) is 14.5 Å². The zero-order chi connectivity index (χ0) is 38.2. The molecule has 15 heteroatoms. The van der Waals surface area contributed by atoms with Crippen LogP contribution in [-0.4, -0.2) is 118 Å². The number of carbonyl (C=O) groups is 3. The van der Waals surface area contributed by atoms with Gasteiger partial charge in [0.15, 0.2) is 17.5 Å². The second-order valence-electron chi connectivity index (χ2n) is 14.5. The first-order chi connectivity index (χ1) is 25.2. The van der Waals surface area contributed by atoms with Crippen molar-refractivity contribution < 1.29 is 32.4 Å². The van der Waals surface area contributed by atoms with Crippen LogP contribution in [0.15, 0.2) is 36.5 Å². The summed E-state index contributed by atoms with van der Waals surface area (Å²) in [5, 5.41) is 7.34. The lowest BCUT2D eigenvalue weighted by molar-refractivity contribution is -0.895. The lowest BCUT2D eigenvalue weighted by Crippen LogP contribution is -2.54. The van der Waals surface area contributed by atoms with Crippen LogP contribution in [0, 0.1) is 31.4 Å². The number of carbonyl (C=O) groups excluding carboxylic acids is 3. The molecule has 6 rings (SSSR count). The molecule has 2 aliphatic rings. The first-order valence-electron chi connectivity index (χ1n) is 17.7. The van der Waals surface area contributed by atoms with Crippen LogP contribution in [0.3, 0.4) is 0 Å². The maximum atomic E-state index is 15.7. The number of rotatable bonds is 9. The van der Waals surface area contributed by atoms with E-state index in [4.69, 9.17) is 16.3 Å². The number of hydrogen-bond acceptors (Lipinski definition) is 6. The molecule has 3 amide bonds. The quantitative estimate of drug-likeness (QED) is 0.236. The third kappa shape index (κ3) is 7.71. The second-order valence-corrected chi connectivity index (χ2v) is 14.9. The highest BCUT2D eigenvalue weighted by atomic mass is 35.5. The number of imidazole rings is 1. The SMILES string of the molecule is COCCn1nc(C)c(-c2ccc(-c3cnc(C(=O)Nc4ccc(C(=O)N5CCN(C(=O)C6CC[N+](C)(C)CC6)CC5)c(Cl)c4)n3C)c(F)c2F)c1C. The summed E-state index contributed by atoms with van der Waals surface area (Å²) in [6.45, 7) is 8.14. The highest BCUT2D eigenvalue weighted by Gasteiger charge is 2.35. The molecule has 0 atom stereocenters. The molecule has 2 saturated heterocycles. The van der Waals surface area contributed by atoms with Crippen LogP contribution >= 0.6 is 11.6 Å². The number of methoxy groups -OCH3 is 1. The normalized spacial score (nSPS) is 16.2.